The molecule has 0 atom stereocenters. The van der Waals surface area contributed by atoms with Crippen molar-refractivity contribution < 1.29 is 9.28 Å². The second-order valence-electron chi connectivity index (χ2n) is 5.69. The third-order valence-electron chi connectivity index (χ3n) is 4.00. The number of aryl methyl sites for hydroxylation is 2. The van der Waals surface area contributed by atoms with Gasteiger partial charge in [0.05, 0.1) is 11.4 Å². The molecule has 7 heteroatoms. The molecule has 1 N–H and O–H groups in total. The van der Waals surface area contributed by atoms with Gasteiger partial charge in [-0.1, -0.05) is 0 Å². The zero-order chi connectivity index (χ0) is 16.6. The quantitative estimate of drug-likeness (QED) is 0.855. The predicted octanol–water partition coefficient (Wildman–Crippen LogP) is 2.20. The Balaban J connectivity index is 1.95. The van der Waals surface area contributed by atoms with Crippen LogP contribution in [0.2, 0.25) is 0 Å². The third kappa shape index (κ3) is 3.28. The summed E-state index contributed by atoms with van der Waals surface area (Å²) in [6.07, 6.45) is 1.41. The molecule has 3 rings (SSSR count). The van der Waals surface area contributed by atoms with Crippen molar-refractivity contribution in [3.63, 3.8) is 0 Å². The summed E-state index contributed by atoms with van der Waals surface area (Å²) in [7, 11) is -0.890. The summed E-state index contributed by atoms with van der Waals surface area (Å²) in [5.41, 5.74) is 1.42. The molecule has 1 aliphatic rings. The molecule has 1 saturated heterocycles. The van der Waals surface area contributed by atoms with Crippen LogP contribution in [-0.2, 0) is 0 Å². The van der Waals surface area contributed by atoms with E-state index in [0.717, 1.165) is 0 Å². The smallest absolute Gasteiger partial charge is 0.258 e. The van der Waals surface area contributed by atoms with E-state index in [1.165, 1.54) is 16.7 Å². The molecule has 0 amide bonds. The topological polar surface area (TPSA) is 58.4 Å². The summed E-state index contributed by atoms with van der Waals surface area (Å²) in [6, 6.07) is 6.24. The number of hydrogen-bond donors (Lipinski definition) is 1. The van der Waals surface area contributed by atoms with Crippen LogP contribution < -0.4 is 10.5 Å². The Morgan fingerprint density at radius 2 is 1.91 bits per heavy atom. The van der Waals surface area contributed by atoms with Crippen molar-refractivity contribution in [2.45, 2.75) is 13.8 Å². The maximum Gasteiger partial charge on any atom is 0.258 e. The second kappa shape index (κ2) is 6.38. The van der Waals surface area contributed by atoms with Gasteiger partial charge in [-0.15, -0.1) is 0 Å². The molecule has 0 spiro atoms. The van der Waals surface area contributed by atoms with Crippen molar-refractivity contribution in [3.8, 4) is 5.69 Å². The van der Waals surface area contributed by atoms with Crippen LogP contribution in [0.15, 0.2) is 29.1 Å². The molecular weight excluding hydrogens is 316 g/mol. The van der Waals surface area contributed by atoms with Crippen LogP contribution in [0.5, 0.6) is 0 Å². The molecule has 1 aromatic carbocycles. The molecule has 0 saturated carbocycles. The molecule has 1 aliphatic heterocycles. The van der Waals surface area contributed by atoms with E-state index in [9.17, 15) is 14.1 Å². The first kappa shape index (κ1) is 16.1. The lowest BCUT2D eigenvalue weighted by Gasteiger charge is -2.31. The minimum absolute atomic E-state index is 0.217. The molecule has 1 aromatic heterocycles. The lowest BCUT2D eigenvalue weighted by Crippen LogP contribution is -2.34. The normalized spacial score (nSPS) is 15.9. The van der Waals surface area contributed by atoms with E-state index in [4.69, 9.17) is 0 Å². The maximum absolute atomic E-state index is 14.5. The number of hydrogen-bond acceptors (Lipinski definition) is 4. The van der Waals surface area contributed by atoms with Crippen LogP contribution >= 0.6 is 8.15 Å². The Morgan fingerprint density at radius 1 is 1.22 bits per heavy atom. The van der Waals surface area contributed by atoms with E-state index in [2.05, 4.69) is 4.98 Å². The van der Waals surface area contributed by atoms with Crippen LogP contribution in [0.3, 0.4) is 0 Å². The van der Waals surface area contributed by atoms with Gasteiger partial charge in [0, 0.05) is 51.4 Å². The van der Waals surface area contributed by atoms with E-state index in [0.29, 0.717) is 48.3 Å². The standard InChI is InChI=1S/C16H19FN3O2P/c1-11-9-16(21)20(12(2)18-11)13-3-4-15(14(17)10-13)19-5-7-23(22)8-6-19/h3-4,9-10,22H,5-8H2,1-2H3. The van der Waals surface area contributed by atoms with Gasteiger partial charge in [-0.3, -0.25) is 9.36 Å². The van der Waals surface area contributed by atoms with Gasteiger partial charge in [0.1, 0.15) is 11.6 Å². The Kier molecular flexibility index (Phi) is 4.46. The third-order valence-corrected chi connectivity index (χ3v) is 5.43. The second-order valence-corrected chi connectivity index (χ2v) is 7.60. The predicted molar refractivity (Wildman–Crippen MR) is 90.4 cm³/mol. The van der Waals surface area contributed by atoms with Crippen LogP contribution in [0.4, 0.5) is 10.1 Å². The summed E-state index contributed by atoms with van der Waals surface area (Å²) in [6.45, 7) is 4.80. The number of anilines is 1. The number of halogens is 1. The molecule has 1 fully saturated rings. The van der Waals surface area contributed by atoms with Gasteiger partial charge in [-0.2, -0.15) is 0 Å². The largest absolute Gasteiger partial charge is 0.374 e. The highest BCUT2D eigenvalue weighted by Crippen LogP contribution is 2.35. The molecule has 0 radical (unpaired) electrons. The van der Waals surface area contributed by atoms with E-state index in [1.807, 2.05) is 4.90 Å². The van der Waals surface area contributed by atoms with Gasteiger partial charge in [-0.25, -0.2) is 9.37 Å². The molecule has 0 aliphatic carbocycles. The lowest BCUT2D eigenvalue weighted by molar-refractivity contribution is 0.597. The van der Waals surface area contributed by atoms with Gasteiger partial charge in [0.25, 0.3) is 5.56 Å². The van der Waals surface area contributed by atoms with Crippen molar-refractivity contribution in [1.29, 1.82) is 0 Å². The van der Waals surface area contributed by atoms with Crippen molar-refractivity contribution in [1.82, 2.24) is 9.55 Å². The fourth-order valence-electron chi connectivity index (χ4n) is 2.88. The molecule has 5 nitrogen and oxygen atoms in total. The minimum Gasteiger partial charge on any atom is -0.374 e. The number of rotatable bonds is 2. The first-order valence-electron chi connectivity index (χ1n) is 7.52. The highest BCUT2D eigenvalue weighted by Gasteiger charge is 2.20. The molecule has 0 bridgehead atoms. The average molecular weight is 335 g/mol. The average Bonchev–Trinajstić information content (AvgIpc) is 2.47. The summed E-state index contributed by atoms with van der Waals surface area (Å²) in [5.74, 6) is 0.171. The van der Waals surface area contributed by atoms with Gasteiger partial charge < -0.3 is 9.79 Å². The molecular formula is C16H19FN3O2P. The van der Waals surface area contributed by atoms with Gasteiger partial charge in [0.15, 0.2) is 0 Å². The summed E-state index contributed by atoms with van der Waals surface area (Å²) in [4.78, 5) is 28.0. The van der Waals surface area contributed by atoms with Crippen LogP contribution in [-0.4, -0.2) is 39.9 Å². The Bertz CT molecular complexity index is 785. The van der Waals surface area contributed by atoms with E-state index < -0.39 is 8.15 Å². The monoisotopic (exact) mass is 335 g/mol. The number of nitrogens with zero attached hydrogens (tertiary/aromatic N) is 3. The van der Waals surface area contributed by atoms with Crippen molar-refractivity contribution in [2.75, 3.05) is 30.3 Å². The molecule has 2 aromatic rings. The summed E-state index contributed by atoms with van der Waals surface area (Å²) < 4.78 is 15.9. The zero-order valence-corrected chi connectivity index (χ0v) is 14.1. The fraction of sp³-hybridized carbons (Fsp3) is 0.375. The van der Waals surface area contributed by atoms with E-state index in [1.54, 1.807) is 26.0 Å². The van der Waals surface area contributed by atoms with Crippen molar-refractivity contribution >= 4 is 13.8 Å². The van der Waals surface area contributed by atoms with Crippen molar-refractivity contribution in [2.24, 2.45) is 0 Å². The highest BCUT2D eigenvalue weighted by atomic mass is 31.1. The molecule has 23 heavy (non-hydrogen) atoms. The summed E-state index contributed by atoms with van der Waals surface area (Å²) >= 11 is 0. The molecule has 122 valence electrons. The first-order valence-corrected chi connectivity index (χ1v) is 9.18. The van der Waals surface area contributed by atoms with E-state index in [-0.39, 0.29) is 11.4 Å². The van der Waals surface area contributed by atoms with Crippen LogP contribution in [0, 0.1) is 19.7 Å². The lowest BCUT2D eigenvalue weighted by atomic mass is 10.2. The number of benzene rings is 1. The Labute approximate surface area is 135 Å². The van der Waals surface area contributed by atoms with Gasteiger partial charge in [-0.05, 0) is 26.0 Å². The summed E-state index contributed by atoms with van der Waals surface area (Å²) in [5, 5.41) is 0. The highest BCUT2D eigenvalue weighted by molar-refractivity contribution is 7.51. The molecule has 0 unspecified atom stereocenters. The fourth-order valence-corrected chi connectivity index (χ4v) is 4.05. The zero-order valence-electron chi connectivity index (χ0n) is 13.2. The SMILES string of the molecule is Cc1cc(=O)n(-c2ccc(N3CCP(O)CC3)c(F)c2)c(C)n1. The van der Waals surface area contributed by atoms with E-state index >= 15 is 0 Å². The number of aromatic nitrogens is 2. The van der Waals surface area contributed by atoms with Gasteiger partial charge >= 0.3 is 0 Å². The van der Waals surface area contributed by atoms with Crippen LogP contribution in [0.1, 0.15) is 11.5 Å². The maximum atomic E-state index is 14.5. The van der Waals surface area contributed by atoms with Crippen molar-refractivity contribution in [3.05, 3.63) is 52.0 Å². The van der Waals surface area contributed by atoms with Gasteiger partial charge in [0.2, 0.25) is 0 Å². The first-order chi connectivity index (χ1) is 11.0. The Hall–Kier alpha value is -1.78. The Morgan fingerprint density at radius 3 is 2.52 bits per heavy atom. The van der Waals surface area contributed by atoms with Crippen LogP contribution in [0.25, 0.3) is 5.69 Å². The minimum atomic E-state index is -0.890. The molecule has 2 heterocycles.